The third kappa shape index (κ3) is 1.58. The molecular weight excluding hydrogens is 161 g/mol. The van der Waals surface area contributed by atoms with Crippen LogP contribution in [0.3, 0.4) is 0 Å². The SMILES string of the molecule is CC(C)c1sc(C#N)cc1F. The van der Waals surface area contributed by atoms with Gasteiger partial charge in [-0.1, -0.05) is 13.8 Å². The van der Waals surface area contributed by atoms with Crippen LogP contribution in [0.25, 0.3) is 0 Å². The maximum atomic E-state index is 12.9. The van der Waals surface area contributed by atoms with Crippen molar-refractivity contribution in [2.75, 3.05) is 0 Å². The fraction of sp³-hybridized carbons (Fsp3) is 0.375. The zero-order chi connectivity index (χ0) is 8.43. The highest BCUT2D eigenvalue weighted by atomic mass is 32.1. The first-order chi connectivity index (χ1) is 5.15. The Bertz CT molecular complexity index is 296. The van der Waals surface area contributed by atoms with Gasteiger partial charge in [-0.25, -0.2) is 4.39 Å². The van der Waals surface area contributed by atoms with Crippen LogP contribution in [-0.2, 0) is 0 Å². The van der Waals surface area contributed by atoms with Crippen LogP contribution in [0, 0.1) is 17.1 Å². The van der Waals surface area contributed by atoms with Crippen LogP contribution < -0.4 is 0 Å². The highest BCUT2D eigenvalue weighted by Crippen LogP contribution is 2.27. The van der Waals surface area contributed by atoms with Crippen molar-refractivity contribution < 1.29 is 4.39 Å². The quantitative estimate of drug-likeness (QED) is 0.634. The van der Waals surface area contributed by atoms with E-state index in [1.54, 1.807) is 0 Å². The Morgan fingerprint density at radius 1 is 1.64 bits per heavy atom. The first kappa shape index (κ1) is 8.22. The summed E-state index contributed by atoms with van der Waals surface area (Å²) in [7, 11) is 0. The van der Waals surface area contributed by atoms with E-state index >= 15 is 0 Å². The van der Waals surface area contributed by atoms with Gasteiger partial charge in [-0.15, -0.1) is 11.3 Å². The zero-order valence-corrected chi connectivity index (χ0v) is 7.20. The number of rotatable bonds is 1. The fourth-order valence-corrected chi connectivity index (χ4v) is 1.67. The second kappa shape index (κ2) is 3.02. The molecule has 0 unspecified atom stereocenters. The predicted molar refractivity (Wildman–Crippen MR) is 43.1 cm³/mol. The van der Waals surface area contributed by atoms with E-state index in [4.69, 9.17) is 5.26 Å². The molecule has 1 heterocycles. The summed E-state index contributed by atoms with van der Waals surface area (Å²) in [6.07, 6.45) is 0. The average Bonchev–Trinajstić information content (AvgIpc) is 2.30. The molecule has 0 spiro atoms. The monoisotopic (exact) mass is 169 g/mol. The molecule has 0 aliphatic carbocycles. The van der Waals surface area contributed by atoms with E-state index in [1.807, 2.05) is 19.9 Å². The standard InChI is InChI=1S/C8H8FNS/c1-5(2)8-7(9)3-6(4-10)11-8/h3,5H,1-2H3. The van der Waals surface area contributed by atoms with E-state index in [-0.39, 0.29) is 11.7 Å². The lowest BCUT2D eigenvalue weighted by Crippen LogP contribution is -1.83. The van der Waals surface area contributed by atoms with Gasteiger partial charge in [0.05, 0.1) is 0 Å². The van der Waals surface area contributed by atoms with Gasteiger partial charge in [0.2, 0.25) is 0 Å². The smallest absolute Gasteiger partial charge is 0.138 e. The summed E-state index contributed by atoms with van der Waals surface area (Å²) in [6.45, 7) is 3.83. The van der Waals surface area contributed by atoms with E-state index in [2.05, 4.69) is 0 Å². The van der Waals surface area contributed by atoms with Gasteiger partial charge in [0.15, 0.2) is 0 Å². The van der Waals surface area contributed by atoms with Crippen molar-refractivity contribution in [2.24, 2.45) is 0 Å². The molecular formula is C8H8FNS. The molecule has 3 heteroatoms. The third-order valence-corrected chi connectivity index (χ3v) is 2.66. The lowest BCUT2D eigenvalue weighted by Gasteiger charge is -1.97. The molecule has 0 saturated heterocycles. The highest BCUT2D eigenvalue weighted by Gasteiger charge is 2.10. The molecule has 0 aliphatic rings. The summed E-state index contributed by atoms with van der Waals surface area (Å²) < 4.78 is 12.9. The molecule has 1 aromatic rings. The second-order valence-corrected chi connectivity index (χ2v) is 3.67. The van der Waals surface area contributed by atoms with E-state index < -0.39 is 0 Å². The molecule has 0 N–H and O–H groups in total. The second-order valence-electron chi connectivity index (χ2n) is 2.59. The Labute approximate surface area is 69.1 Å². The molecule has 1 aromatic heterocycles. The van der Waals surface area contributed by atoms with E-state index in [0.29, 0.717) is 9.75 Å². The van der Waals surface area contributed by atoms with Gasteiger partial charge in [0.1, 0.15) is 16.8 Å². The van der Waals surface area contributed by atoms with E-state index in [9.17, 15) is 4.39 Å². The predicted octanol–water partition coefficient (Wildman–Crippen LogP) is 2.88. The van der Waals surface area contributed by atoms with Crippen molar-refractivity contribution in [1.29, 1.82) is 5.26 Å². The maximum absolute atomic E-state index is 12.9. The van der Waals surface area contributed by atoms with E-state index in [0.717, 1.165) is 0 Å². The van der Waals surface area contributed by atoms with Crippen LogP contribution >= 0.6 is 11.3 Å². The number of hydrogen-bond donors (Lipinski definition) is 0. The third-order valence-electron chi connectivity index (χ3n) is 1.35. The van der Waals surface area contributed by atoms with Crippen LogP contribution in [0.15, 0.2) is 6.07 Å². The van der Waals surface area contributed by atoms with Gasteiger partial charge >= 0.3 is 0 Å². The fourth-order valence-electron chi connectivity index (χ4n) is 0.832. The lowest BCUT2D eigenvalue weighted by molar-refractivity contribution is 0.608. The zero-order valence-electron chi connectivity index (χ0n) is 6.39. The van der Waals surface area contributed by atoms with Crippen LogP contribution in [0.2, 0.25) is 0 Å². The topological polar surface area (TPSA) is 23.8 Å². The minimum atomic E-state index is -0.249. The molecule has 0 aliphatic heterocycles. The van der Waals surface area contributed by atoms with Gasteiger partial charge < -0.3 is 0 Å². The van der Waals surface area contributed by atoms with Gasteiger partial charge in [0.25, 0.3) is 0 Å². The van der Waals surface area contributed by atoms with Crippen LogP contribution in [0.1, 0.15) is 29.5 Å². The Hall–Kier alpha value is -0.880. The molecule has 0 saturated carbocycles. The van der Waals surface area contributed by atoms with Crippen molar-refractivity contribution in [3.05, 3.63) is 21.6 Å². The van der Waals surface area contributed by atoms with Gasteiger partial charge in [0, 0.05) is 10.9 Å². The van der Waals surface area contributed by atoms with Gasteiger partial charge in [-0.2, -0.15) is 5.26 Å². The maximum Gasteiger partial charge on any atom is 0.138 e. The van der Waals surface area contributed by atoms with Crippen molar-refractivity contribution in [2.45, 2.75) is 19.8 Å². The summed E-state index contributed by atoms with van der Waals surface area (Å²) in [4.78, 5) is 1.12. The molecule has 0 aromatic carbocycles. The number of thiophene rings is 1. The summed E-state index contributed by atoms with van der Waals surface area (Å²) in [5.41, 5.74) is 0. The minimum absolute atomic E-state index is 0.169. The molecule has 11 heavy (non-hydrogen) atoms. The average molecular weight is 169 g/mol. The number of nitrogens with zero attached hydrogens (tertiary/aromatic N) is 1. The van der Waals surface area contributed by atoms with Crippen molar-refractivity contribution >= 4 is 11.3 Å². The first-order valence-electron chi connectivity index (χ1n) is 3.34. The Morgan fingerprint density at radius 2 is 2.27 bits per heavy atom. The number of nitriles is 1. The van der Waals surface area contributed by atoms with Crippen LogP contribution in [0.4, 0.5) is 4.39 Å². The Kier molecular flexibility index (Phi) is 2.25. The van der Waals surface area contributed by atoms with Crippen molar-refractivity contribution in [3.8, 4) is 6.07 Å². The summed E-state index contributed by atoms with van der Waals surface area (Å²) in [6, 6.07) is 3.21. The van der Waals surface area contributed by atoms with E-state index in [1.165, 1.54) is 17.4 Å². The number of hydrogen-bond acceptors (Lipinski definition) is 2. The summed E-state index contributed by atoms with van der Waals surface area (Å²) >= 11 is 1.23. The summed E-state index contributed by atoms with van der Waals surface area (Å²) in [5.74, 6) is -0.0800. The number of halogens is 1. The van der Waals surface area contributed by atoms with Crippen LogP contribution in [0.5, 0.6) is 0 Å². The largest absolute Gasteiger partial charge is 0.206 e. The molecule has 0 radical (unpaired) electrons. The Morgan fingerprint density at radius 3 is 2.55 bits per heavy atom. The van der Waals surface area contributed by atoms with Gasteiger partial charge in [-0.05, 0) is 5.92 Å². The van der Waals surface area contributed by atoms with Crippen LogP contribution in [-0.4, -0.2) is 0 Å². The first-order valence-corrected chi connectivity index (χ1v) is 4.16. The Balaban J connectivity index is 3.09. The summed E-state index contributed by atoms with van der Waals surface area (Å²) in [5, 5.41) is 8.45. The van der Waals surface area contributed by atoms with Crippen molar-refractivity contribution in [1.82, 2.24) is 0 Å². The molecule has 58 valence electrons. The molecule has 1 nitrogen and oxygen atoms in total. The molecule has 1 rings (SSSR count). The molecule has 0 fully saturated rings. The minimum Gasteiger partial charge on any atom is -0.206 e. The van der Waals surface area contributed by atoms with Crippen molar-refractivity contribution in [3.63, 3.8) is 0 Å². The molecule has 0 bridgehead atoms. The normalized spacial score (nSPS) is 10.1. The highest BCUT2D eigenvalue weighted by molar-refractivity contribution is 7.12. The molecule has 0 amide bonds. The molecule has 0 atom stereocenters. The van der Waals surface area contributed by atoms with Gasteiger partial charge in [-0.3, -0.25) is 0 Å². The lowest BCUT2D eigenvalue weighted by atomic mass is 10.2.